The van der Waals surface area contributed by atoms with Gasteiger partial charge in [0.2, 0.25) is 15.9 Å². The summed E-state index contributed by atoms with van der Waals surface area (Å²) in [5, 5.41) is 2.79. The summed E-state index contributed by atoms with van der Waals surface area (Å²) in [7, 11) is -0.428. The van der Waals surface area contributed by atoms with Crippen molar-refractivity contribution in [3.05, 3.63) is 52.0 Å². The van der Waals surface area contributed by atoms with Crippen LogP contribution in [0.2, 0.25) is 0 Å². The monoisotopic (exact) mass is 498 g/mol. The zero-order valence-corrected chi connectivity index (χ0v) is 20.0. The van der Waals surface area contributed by atoms with Gasteiger partial charge in [0.1, 0.15) is 6.54 Å². The zero-order chi connectivity index (χ0) is 22.3. The van der Waals surface area contributed by atoms with Crippen LogP contribution in [0, 0.1) is 6.92 Å². The maximum absolute atomic E-state index is 12.4. The third-order valence-corrected chi connectivity index (χ3v) is 6.56. The van der Waals surface area contributed by atoms with E-state index in [4.69, 9.17) is 9.47 Å². The second-order valence-electron chi connectivity index (χ2n) is 6.85. The first-order chi connectivity index (χ1) is 14.2. The Balaban J connectivity index is 1.92. The van der Waals surface area contributed by atoms with E-state index in [2.05, 4.69) is 21.2 Å². The Morgan fingerprint density at radius 2 is 1.80 bits per heavy atom. The van der Waals surface area contributed by atoms with Crippen molar-refractivity contribution in [3.8, 4) is 11.5 Å². The quantitative estimate of drug-likeness (QED) is 0.508. The van der Waals surface area contributed by atoms with Gasteiger partial charge in [-0.3, -0.25) is 9.10 Å². The van der Waals surface area contributed by atoms with Gasteiger partial charge in [0, 0.05) is 11.0 Å². The smallest absolute Gasteiger partial charge is 0.240 e. The van der Waals surface area contributed by atoms with Crippen molar-refractivity contribution in [1.29, 1.82) is 0 Å². The Kier molecular flexibility index (Phi) is 8.54. The molecule has 0 aliphatic heterocycles. The lowest BCUT2D eigenvalue weighted by Crippen LogP contribution is -2.40. The van der Waals surface area contributed by atoms with E-state index in [-0.39, 0.29) is 12.5 Å². The normalized spacial score (nSPS) is 11.1. The van der Waals surface area contributed by atoms with Crippen molar-refractivity contribution < 1.29 is 22.7 Å². The molecular formula is C21H27BrN2O5S. The average Bonchev–Trinajstić information content (AvgIpc) is 2.70. The summed E-state index contributed by atoms with van der Waals surface area (Å²) in [4.78, 5) is 12.4. The van der Waals surface area contributed by atoms with Crippen molar-refractivity contribution in [2.75, 3.05) is 37.9 Å². The van der Waals surface area contributed by atoms with Crippen LogP contribution in [0.5, 0.6) is 11.5 Å². The summed E-state index contributed by atoms with van der Waals surface area (Å²) in [6.45, 7) is 2.03. The Morgan fingerprint density at radius 1 is 1.10 bits per heavy atom. The van der Waals surface area contributed by atoms with Gasteiger partial charge in [0.05, 0.1) is 26.2 Å². The Hall–Kier alpha value is -2.26. The number of hydrogen-bond donors (Lipinski definition) is 1. The van der Waals surface area contributed by atoms with Crippen LogP contribution in [0.1, 0.15) is 17.5 Å². The number of methoxy groups -OCH3 is 2. The maximum atomic E-state index is 12.4. The standard InChI is InChI=1S/C21H27BrN2O5S/c1-15-12-17(8-9-18(15)22)24(30(4,26)27)14-21(25)23-11-5-6-16-7-10-19(28-2)20(13-16)29-3/h7-10,12-13H,5-6,11,14H2,1-4H3,(H,23,25). The molecule has 0 aliphatic carbocycles. The zero-order valence-electron chi connectivity index (χ0n) is 17.6. The van der Waals surface area contributed by atoms with E-state index in [9.17, 15) is 13.2 Å². The van der Waals surface area contributed by atoms with E-state index >= 15 is 0 Å². The first kappa shape index (κ1) is 24.0. The number of hydrogen-bond acceptors (Lipinski definition) is 5. The van der Waals surface area contributed by atoms with Crippen LogP contribution in [0.4, 0.5) is 5.69 Å². The molecule has 0 saturated heterocycles. The van der Waals surface area contributed by atoms with Crippen LogP contribution >= 0.6 is 15.9 Å². The van der Waals surface area contributed by atoms with E-state index in [1.54, 1.807) is 32.4 Å². The number of anilines is 1. The number of carbonyl (C=O) groups excluding carboxylic acids is 1. The molecule has 2 aromatic rings. The Labute approximate surface area is 186 Å². The molecule has 0 heterocycles. The summed E-state index contributed by atoms with van der Waals surface area (Å²) in [5.74, 6) is 0.972. The van der Waals surface area contributed by atoms with Gasteiger partial charge < -0.3 is 14.8 Å². The Bertz CT molecular complexity index is 995. The summed E-state index contributed by atoms with van der Waals surface area (Å²) >= 11 is 3.40. The lowest BCUT2D eigenvalue weighted by molar-refractivity contribution is -0.119. The number of nitrogens with zero attached hydrogens (tertiary/aromatic N) is 1. The van der Waals surface area contributed by atoms with E-state index in [1.165, 1.54) is 0 Å². The first-order valence-corrected chi connectivity index (χ1v) is 12.0. The highest BCUT2D eigenvalue weighted by Gasteiger charge is 2.21. The third-order valence-electron chi connectivity index (χ3n) is 4.53. The molecule has 0 saturated carbocycles. The highest BCUT2D eigenvalue weighted by molar-refractivity contribution is 9.10. The molecule has 9 heteroatoms. The van der Waals surface area contributed by atoms with Crippen molar-refractivity contribution in [2.24, 2.45) is 0 Å². The van der Waals surface area contributed by atoms with Crippen LogP contribution < -0.4 is 19.1 Å². The number of carbonyl (C=O) groups is 1. The summed E-state index contributed by atoms with van der Waals surface area (Å²) in [6, 6.07) is 10.9. The van der Waals surface area contributed by atoms with E-state index in [0.717, 1.165) is 32.6 Å². The minimum absolute atomic E-state index is 0.268. The molecule has 0 aliphatic rings. The Morgan fingerprint density at radius 3 is 2.40 bits per heavy atom. The topological polar surface area (TPSA) is 84.9 Å². The molecule has 164 valence electrons. The maximum Gasteiger partial charge on any atom is 0.240 e. The molecule has 0 unspecified atom stereocenters. The van der Waals surface area contributed by atoms with Gasteiger partial charge in [-0.05, 0) is 61.2 Å². The molecule has 1 amide bonds. The van der Waals surface area contributed by atoms with E-state index < -0.39 is 10.0 Å². The van der Waals surface area contributed by atoms with Gasteiger partial charge in [-0.15, -0.1) is 0 Å². The first-order valence-electron chi connectivity index (χ1n) is 9.37. The SMILES string of the molecule is COc1ccc(CCCNC(=O)CN(c2ccc(Br)c(C)c2)S(C)(=O)=O)cc1OC. The molecule has 2 rings (SSSR count). The predicted molar refractivity (Wildman–Crippen MR) is 122 cm³/mol. The van der Waals surface area contributed by atoms with Crippen LogP contribution in [0.3, 0.4) is 0 Å². The minimum atomic E-state index is -3.60. The van der Waals surface area contributed by atoms with Crippen molar-refractivity contribution in [1.82, 2.24) is 5.32 Å². The third kappa shape index (κ3) is 6.63. The fourth-order valence-corrected chi connectivity index (χ4v) is 4.02. The number of benzene rings is 2. The van der Waals surface area contributed by atoms with Gasteiger partial charge in [0.15, 0.2) is 11.5 Å². The van der Waals surface area contributed by atoms with Crippen molar-refractivity contribution in [2.45, 2.75) is 19.8 Å². The van der Waals surface area contributed by atoms with Gasteiger partial charge in [-0.2, -0.15) is 0 Å². The van der Waals surface area contributed by atoms with Crippen LogP contribution in [0.15, 0.2) is 40.9 Å². The van der Waals surface area contributed by atoms with Gasteiger partial charge >= 0.3 is 0 Å². The summed E-state index contributed by atoms with van der Waals surface area (Å²) < 4.78 is 36.9. The number of ether oxygens (including phenoxy) is 2. The number of rotatable bonds is 10. The second-order valence-corrected chi connectivity index (χ2v) is 9.61. The van der Waals surface area contributed by atoms with Crippen LogP contribution in [-0.2, 0) is 21.2 Å². The molecule has 0 fully saturated rings. The number of halogens is 1. The summed E-state index contributed by atoms with van der Waals surface area (Å²) in [6.07, 6.45) is 2.54. The molecule has 0 aromatic heterocycles. The lowest BCUT2D eigenvalue weighted by Gasteiger charge is -2.22. The number of aryl methyl sites for hydroxylation is 2. The predicted octanol–water partition coefficient (Wildman–Crippen LogP) is 3.29. The largest absolute Gasteiger partial charge is 0.493 e. The number of sulfonamides is 1. The lowest BCUT2D eigenvalue weighted by atomic mass is 10.1. The minimum Gasteiger partial charge on any atom is -0.493 e. The van der Waals surface area contributed by atoms with Gasteiger partial charge in [0.25, 0.3) is 0 Å². The molecule has 0 spiro atoms. The molecule has 0 radical (unpaired) electrons. The fourth-order valence-electron chi connectivity index (χ4n) is 2.93. The van der Waals surface area contributed by atoms with Gasteiger partial charge in [-0.25, -0.2) is 8.42 Å². The molecule has 7 nitrogen and oxygen atoms in total. The molecule has 0 bridgehead atoms. The molecule has 2 aromatic carbocycles. The molecule has 0 atom stereocenters. The molecular weight excluding hydrogens is 472 g/mol. The number of amides is 1. The van der Waals surface area contributed by atoms with Gasteiger partial charge in [-0.1, -0.05) is 22.0 Å². The summed E-state index contributed by atoms with van der Waals surface area (Å²) in [5.41, 5.74) is 2.40. The highest BCUT2D eigenvalue weighted by Crippen LogP contribution is 2.28. The fraction of sp³-hybridized carbons (Fsp3) is 0.381. The van der Waals surface area contributed by atoms with Crippen molar-refractivity contribution in [3.63, 3.8) is 0 Å². The highest BCUT2D eigenvalue weighted by atomic mass is 79.9. The van der Waals surface area contributed by atoms with Crippen molar-refractivity contribution >= 4 is 37.5 Å². The molecule has 30 heavy (non-hydrogen) atoms. The van der Waals surface area contributed by atoms with Crippen LogP contribution in [0.25, 0.3) is 0 Å². The molecule has 1 N–H and O–H groups in total. The second kappa shape index (κ2) is 10.7. The van der Waals surface area contributed by atoms with Crippen LogP contribution in [-0.4, -0.2) is 47.9 Å². The average molecular weight is 499 g/mol. The number of nitrogens with one attached hydrogen (secondary N) is 1. The van der Waals surface area contributed by atoms with E-state index in [0.29, 0.717) is 30.2 Å². The van der Waals surface area contributed by atoms with E-state index in [1.807, 2.05) is 25.1 Å².